The molecule has 2 nitrogen and oxygen atoms in total. The molecule has 0 saturated heterocycles. The molecule has 0 amide bonds. The minimum absolute atomic E-state index is 0.250. The molecule has 0 aromatic heterocycles. The molecule has 0 unspecified atom stereocenters. The Morgan fingerprint density at radius 1 is 1.18 bits per heavy atom. The monoisotopic (exact) mass is 240 g/mol. The van der Waals surface area contributed by atoms with E-state index in [0.29, 0.717) is 12.3 Å². The summed E-state index contributed by atoms with van der Waals surface area (Å²) in [5.74, 6) is -0.117. The van der Waals surface area contributed by atoms with Crippen molar-refractivity contribution in [3.63, 3.8) is 0 Å². The molecular weight excluding hydrogens is 212 g/mol. The molecule has 0 aliphatic rings. The number of unbranched alkanes of at least 4 members (excludes halogenated alkanes) is 5. The summed E-state index contributed by atoms with van der Waals surface area (Å²) in [4.78, 5) is 10.3. The summed E-state index contributed by atoms with van der Waals surface area (Å²) in [6, 6.07) is 0. The van der Waals surface area contributed by atoms with Gasteiger partial charge in [-0.15, -0.1) is 0 Å². The van der Waals surface area contributed by atoms with Crippen molar-refractivity contribution in [2.45, 2.75) is 71.6 Å². The molecule has 2 heteroatoms. The van der Waals surface area contributed by atoms with Crippen molar-refractivity contribution in [2.75, 3.05) is 0 Å². The zero-order valence-electron chi connectivity index (χ0n) is 11.5. The van der Waals surface area contributed by atoms with E-state index in [9.17, 15) is 4.79 Å². The predicted molar refractivity (Wildman–Crippen MR) is 73.2 cm³/mol. The molecule has 0 aromatic rings. The zero-order valence-corrected chi connectivity index (χ0v) is 11.5. The lowest BCUT2D eigenvalue weighted by molar-refractivity contribution is -0.136. The first-order valence-corrected chi connectivity index (χ1v) is 7.05. The van der Waals surface area contributed by atoms with Crippen molar-refractivity contribution < 1.29 is 9.90 Å². The summed E-state index contributed by atoms with van der Waals surface area (Å²) in [6.07, 6.45) is 14.4. The van der Waals surface area contributed by atoms with Crippen LogP contribution in [0.5, 0.6) is 0 Å². The Morgan fingerprint density at radius 2 is 1.82 bits per heavy atom. The minimum Gasteiger partial charge on any atom is -0.481 e. The van der Waals surface area contributed by atoms with Gasteiger partial charge in [-0.1, -0.05) is 64.5 Å². The van der Waals surface area contributed by atoms with Gasteiger partial charge in [0.05, 0.1) is 0 Å². The minimum atomic E-state index is -0.710. The summed E-state index contributed by atoms with van der Waals surface area (Å²) >= 11 is 0. The van der Waals surface area contributed by atoms with Gasteiger partial charge in [-0.2, -0.15) is 0 Å². The van der Waals surface area contributed by atoms with Crippen LogP contribution in [0.3, 0.4) is 0 Å². The highest BCUT2D eigenvalue weighted by Gasteiger charge is 1.98. The van der Waals surface area contributed by atoms with E-state index >= 15 is 0 Å². The maximum absolute atomic E-state index is 10.3. The Balaban J connectivity index is 3.33. The Morgan fingerprint density at radius 3 is 2.47 bits per heavy atom. The van der Waals surface area contributed by atoms with Gasteiger partial charge in [0.15, 0.2) is 0 Å². The number of hydrogen-bond donors (Lipinski definition) is 1. The first kappa shape index (κ1) is 16.2. The molecule has 0 radical (unpaired) electrons. The molecule has 1 atom stereocenters. The summed E-state index contributed by atoms with van der Waals surface area (Å²) in [6.45, 7) is 4.45. The first-order valence-electron chi connectivity index (χ1n) is 7.05. The molecule has 0 aromatic carbocycles. The van der Waals surface area contributed by atoms with Gasteiger partial charge in [-0.3, -0.25) is 4.79 Å². The molecule has 0 bridgehead atoms. The van der Waals surface area contributed by atoms with Crippen LogP contribution >= 0.6 is 0 Å². The third kappa shape index (κ3) is 13.1. The molecule has 0 heterocycles. The summed E-state index contributed by atoms with van der Waals surface area (Å²) in [5.41, 5.74) is 0. The molecular formula is C15H28O2. The van der Waals surface area contributed by atoms with Crippen LogP contribution in [0.25, 0.3) is 0 Å². The highest BCUT2D eigenvalue weighted by atomic mass is 16.4. The van der Waals surface area contributed by atoms with Crippen molar-refractivity contribution >= 4 is 5.97 Å². The molecule has 17 heavy (non-hydrogen) atoms. The molecule has 100 valence electrons. The van der Waals surface area contributed by atoms with E-state index in [1.54, 1.807) is 0 Å². The van der Waals surface area contributed by atoms with Crippen LogP contribution in [0.15, 0.2) is 12.2 Å². The number of carbonyl (C=O) groups is 1. The summed E-state index contributed by atoms with van der Waals surface area (Å²) < 4.78 is 0. The van der Waals surface area contributed by atoms with Gasteiger partial charge in [0.2, 0.25) is 0 Å². The summed E-state index contributed by atoms with van der Waals surface area (Å²) in [5, 5.41) is 8.49. The predicted octanol–water partition coefficient (Wildman–Crippen LogP) is 4.79. The fraction of sp³-hybridized carbons (Fsp3) is 0.800. The topological polar surface area (TPSA) is 37.3 Å². The van der Waals surface area contributed by atoms with Crippen molar-refractivity contribution in [3.8, 4) is 0 Å². The Bertz CT molecular complexity index is 209. The van der Waals surface area contributed by atoms with E-state index < -0.39 is 5.97 Å². The molecule has 0 spiro atoms. The number of carboxylic acids is 1. The van der Waals surface area contributed by atoms with Gasteiger partial charge in [-0.25, -0.2) is 0 Å². The average molecular weight is 240 g/mol. The summed E-state index contributed by atoms with van der Waals surface area (Å²) in [7, 11) is 0. The van der Waals surface area contributed by atoms with Gasteiger partial charge in [0.1, 0.15) is 0 Å². The second-order valence-electron chi connectivity index (χ2n) is 4.89. The van der Waals surface area contributed by atoms with E-state index in [1.165, 1.54) is 44.9 Å². The highest BCUT2D eigenvalue weighted by molar-refractivity contribution is 5.66. The van der Waals surface area contributed by atoms with Gasteiger partial charge in [0.25, 0.3) is 0 Å². The van der Waals surface area contributed by atoms with Crippen molar-refractivity contribution in [1.82, 2.24) is 0 Å². The molecule has 0 rings (SSSR count). The van der Waals surface area contributed by atoms with Crippen LogP contribution in [-0.4, -0.2) is 11.1 Å². The van der Waals surface area contributed by atoms with Crippen molar-refractivity contribution in [1.29, 1.82) is 0 Å². The zero-order chi connectivity index (χ0) is 12.9. The highest BCUT2D eigenvalue weighted by Crippen LogP contribution is 2.13. The molecule has 0 aliphatic carbocycles. The van der Waals surface area contributed by atoms with Crippen LogP contribution in [-0.2, 0) is 4.79 Å². The Hall–Kier alpha value is -0.790. The van der Waals surface area contributed by atoms with Gasteiger partial charge < -0.3 is 5.11 Å². The molecule has 0 fully saturated rings. The third-order valence-electron chi connectivity index (χ3n) is 3.00. The van der Waals surface area contributed by atoms with Gasteiger partial charge in [0, 0.05) is 6.42 Å². The van der Waals surface area contributed by atoms with Crippen LogP contribution in [0.1, 0.15) is 71.6 Å². The fourth-order valence-corrected chi connectivity index (χ4v) is 1.88. The number of allylic oxidation sites excluding steroid dienone is 2. The van der Waals surface area contributed by atoms with Crippen LogP contribution in [0.2, 0.25) is 0 Å². The lowest BCUT2D eigenvalue weighted by Crippen LogP contribution is -1.93. The normalized spacial score (nSPS) is 13.1. The third-order valence-corrected chi connectivity index (χ3v) is 3.00. The Kier molecular flexibility index (Phi) is 11.1. The van der Waals surface area contributed by atoms with Crippen LogP contribution < -0.4 is 0 Å². The number of hydrogen-bond acceptors (Lipinski definition) is 1. The van der Waals surface area contributed by atoms with Crippen molar-refractivity contribution in [3.05, 3.63) is 12.2 Å². The largest absolute Gasteiger partial charge is 0.481 e. The second-order valence-corrected chi connectivity index (χ2v) is 4.89. The van der Waals surface area contributed by atoms with Crippen LogP contribution in [0, 0.1) is 5.92 Å². The number of carboxylic acid groups (broad SMARTS) is 1. The maximum Gasteiger partial charge on any atom is 0.303 e. The average Bonchev–Trinajstić information content (AvgIpc) is 2.29. The smallest absolute Gasteiger partial charge is 0.303 e. The SMILES string of the molecule is CCCCCCCC[C@H](C)/C=C/CCC(=O)O. The Labute approximate surface area is 106 Å². The standard InChI is InChI=1S/C15H28O2/c1-3-4-5-6-7-8-11-14(2)12-9-10-13-15(16)17/h9,12,14H,3-8,10-11,13H2,1-2H3,(H,16,17)/b12-9+/t14-/m0/s1. The van der Waals surface area contributed by atoms with E-state index in [-0.39, 0.29) is 6.42 Å². The molecule has 0 aliphatic heterocycles. The molecule has 0 saturated carbocycles. The molecule has 1 N–H and O–H groups in total. The van der Waals surface area contributed by atoms with E-state index in [4.69, 9.17) is 5.11 Å². The van der Waals surface area contributed by atoms with Crippen LogP contribution in [0.4, 0.5) is 0 Å². The quantitative estimate of drug-likeness (QED) is 0.416. The fourth-order valence-electron chi connectivity index (χ4n) is 1.88. The second kappa shape index (κ2) is 11.7. The van der Waals surface area contributed by atoms with E-state index in [0.717, 1.165) is 0 Å². The maximum atomic E-state index is 10.3. The number of aliphatic carboxylic acids is 1. The van der Waals surface area contributed by atoms with Gasteiger partial charge >= 0.3 is 5.97 Å². The lowest BCUT2D eigenvalue weighted by Gasteiger charge is -2.05. The van der Waals surface area contributed by atoms with Gasteiger partial charge in [-0.05, 0) is 18.8 Å². The van der Waals surface area contributed by atoms with Crippen molar-refractivity contribution in [2.24, 2.45) is 5.92 Å². The number of rotatable bonds is 11. The lowest BCUT2D eigenvalue weighted by atomic mass is 10.0. The first-order chi connectivity index (χ1) is 8.16. The van der Waals surface area contributed by atoms with E-state index in [1.807, 2.05) is 6.08 Å². The van der Waals surface area contributed by atoms with E-state index in [2.05, 4.69) is 19.9 Å².